The van der Waals surface area contributed by atoms with Gasteiger partial charge in [0.1, 0.15) is 11.6 Å². The lowest BCUT2D eigenvalue weighted by Crippen LogP contribution is -2.31. The Kier molecular flexibility index (Phi) is 11.0. The van der Waals surface area contributed by atoms with Crippen molar-refractivity contribution in [3.05, 3.63) is 46.3 Å². The minimum atomic E-state index is -3.83. The molecule has 11 nitrogen and oxygen atoms in total. The predicted molar refractivity (Wildman–Crippen MR) is 162 cm³/mol. The number of fused-ring (bicyclic) bond motifs is 1. The zero-order valence-corrected chi connectivity index (χ0v) is 27.2. The quantitative estimate of drug-likeness (QED) is 0.313. The molecule has 0 unspecified atom stereocenters. The molecule has 0 amide bonds. The molecule has 2 aromatic rings. The van der Waals surface area contributed by atoms with Gasteiger partial charge in [-0.3, -0.25) is 14.5 Å². The molecule has 14 heteroatoms. The molecule has 1 heterocycles. The highest BCUT2D eigenvalue weighted by Crippen LogP contribution is 2.42. The third-order valence-electron chi connectivity index (χ3n) is 6.48. The number of Topliss-reactive ketones (excluding diaryl/α,β-unsaturated/α-hetero) is 1. The van der Waals surface area contributed by atoms with Crippen molar-refractivity contribution in [3.8, 4) is 17.2 Å². The average molecular weight is 675 g/mol. The number of halogens is 2. The number of amidine groups is 1. The first kappa shape index (κ1) is 34.8. The number of ketones is 1. The summed E-state index contributed by atoms with van der Waals surface area (Å²) < 4.78 is 57.9. The molecular formula is C28H37BrFN3O8S. The molecule has 0 radical (unpaired) electrons. The van der Waals surface area contributed by atoms with Gasteiger partial charge in [-0.15, -0.1) is 17.0 Å². The molecule has 232 valence electrons. The summed E-state index contributed by atoms with van der Waals surface area (Å²) in [5.74, 6) is -2.49. The summed E-state index contributed by atoms with van der Waals surface area (Å²) in [6.45, 7) is 8.44. The highest BCUT2D eigenvalue weighted by molar-refractivity contribution is 8.93. The number of hydrogen-bond acceptors (Lipinski definition) is 8. The molecular weight excluding hydrogens is 637 g/mol. The summed E-state index contributed by atoms with van der Waals surface area (Å²) in [4.78, 5) is 26.3. The maximum atomic E-state index is 15.5. The second-order valence-electron chi connectivity index (χ2n) is 10.6. The number of hydrogen-bond donors (Lipinski definition) is 2. The normalized spacial score (nSPS) is 12.9. The minimum Gasteiger partial charge on any atom is -0.490 e. The fourth-order valence-electron chi connectivity index (χ4n) is 4.45. The van der Waals surface area contributed by atoms with Crippen LogP contribution in [0.1, 0.15) is 61.7 Å². The number of carboxylic acid groups (broad SMARTS) is 1. The molecule has 0 bridgehead atoms. The molecule has 2 aromatic carbocycles. The highest BCUT2D eigenvalue weighted by Gasteiger charge is 2.34. The van der Waals surface area contributed by atoms with Crippen LogP contribution in [0.4, 0.5) is 10.1 Å². The van der Waals surface area contributed by atoms with Crippen molar-refractivity contribution in [2.24, 2.45) is 0 Å². The fourth-order valence-corrected chi connectivity index (χ4v) is 4.95. The summed E-state index contributed by atoms with van der Waals surface area (Å²) >= 11 is 0. The topological polar surface area (TPSA) is 147 Å². The monoisotopic (exact) mass is 673 g/mol. The van der Waals surface area contributed by atoms with Crippen LogP contribution in [0.25, 0.3) is 0 Å². The number of ether oxygens (including phenoxy) is 3. The third-order valence-corrected chi connectivity index (χ3v) is 7.67. The van der Waals surface area contributed by atoms with Crippen LogP contribution >= 0.6 is 17.0 Å². The summed E-state index contributed by atoms with van der Waals surface area (Å²) in [6.07, 6.45) is 0.976. The minimum absolute atomic E-state index is 0. The molecule has 42 heavy (non-hydrogen) atoms. The number of nitrogens with zero attached hydrogens (tertiary/aromatic N) is 2. The van der Waals surface area contributed by atoms with E-state index in [9.17, 15) is 23.1 Å². The maximum absolute atomic E-state index is 15.5. The van der Waals surface area contributed by atoms with E-state index in [1.807, 2.05) is 20.8 Å². The van der Waals surface area contributed by atoms with E-state index >= 15 is 4.39 Å². The Hall–Kier alpha value is -3.39. The van der Waals surface area contributed by atoms with Crippen LogP contribution in [0.5, 0.6) is 17.2 Å². The highest BCUT2D eigenvalue weighted by atomic mass is 79.9. The van der Waals surface area contributed by atoms with Crippen molar-refractivity contribution in [1.29, 1.82) is 5.41 Å². The summed E-state index contributed by atoms with van der Waals surface area (Å²) in [7, 11) is -2.55. The van der Waals surface area contributed by atoms with Crippen LogP contribution in [0.3, 0.4) is 0 Å². The Morgan fingerprint density at radius 1 is 1.10 bits per heavy atom. The van der Waals surface area contributed by atoms with Gasteiger partial charge in [-0.05, 0) is 43.0 Å². The number of carboxylic acids is 1. The van der Waals surface area contributed by atoms with Crippen molar-refractivity contribution < 1.29 is 41.7 Å². The largest absolute Gasteiger partial charge is 0.490 e. The molecule has 0 spiro atoms. The van der Waals surface area contributed by atoms with Crippen LogP contribution in [-0.4, -0.2) is 75.7 Å². The SMILES string of the molecule is Br.CCOc1cc2c(c(F)c1OCC)C(=N)N(CC(=O)c1cc(N(C)S(C)(=O)=O)c(OCC(=O)O)c(C(C)(C)C)c1)C2. The van der Waals surface area contributed by atoms with E-state index in [1.54, 1.807) is 19.9 Å². The lowest BCUT2D eigenvalue weighted by Gasteiger charge is -2.28. The van der Waals surface area contributed by atoms with Crippen molar-refractivity contribution in [1.82, 2.24) is 4.90 Å². The number of carbonyl (C=O) groups is 2. The van der Waals surface area contributed by atoms with Gasteiger partial charge in [0.05, 0.1) is 37.3 Å². The van der Waals surface area contributed by atoms with E-state index < -0.39 is 39.6 Å². The summed E-state index contributed by atoms with van der Waals surface area (Å²) in [5.41, 5.74) is 0.356. The number of benzene rings is 2. The Balaban J connectivity index is 0.00000616. The molecule has 1 aliphatic heterocycles. The van der Waals surface area contributed by atoms with Crippen LogP contribution in [0.2, 0.25) is 0 Å². The Morgan fingerprint density at radius 2 is 1.71 bits per heavy atom. The van der Waals surface area contributed by atoms with Crippen molar-refractivity contribution in [2.75, 3.05) is 44.0 Å². The third kappa shape index (κ3) is 7.33. The Labute approximate surface area is 255 Å². The van der Waals surface area contributed by atoms with Gasteiger partial charge in [0.15, 0.2) is 29.7 Å². The second kappa shape index (κ2) is 13.3. The molecule has 0 saturated carbocycles. The van der Waals surface area contributed by atoms with Crippen molar-refractivity contribution >= 4 is 50.3 Å². The van der Waals surface area contributed by atoms with E-state index in [0.717, 1.165) is 10.6 Å². The predicted octanol–water partition coefficient (Wildman–Crippen LogP) is 4.38. The van der Waals surface area contributed by atoms with Crippen LogP contribution < -0.4 is 18.5 Å². The number of sulfonamides is 1. The molecule has 2 N–H and O–H groups in total. The maximum Gasteiger partial charge on any atom is 0.341 e. The van der Waals surface area contributed by atoms with Crippen molar-refractivity contribution in [3.63, 3.8) is 0 Å². The van der Waals surface area contributed by atoms with Crippen LogP contribution in [0, 0.1) is 11.2 Å². The van der Waals surface area contributed by atoms with Gasteiger partial charge in [-0.25, -0.2) is 17.6 Å². The van der Waals surface area contributed by atoms with E-state index in [4.69, 9.17) is 19.6 Å². The molecule has 3 rings (SSSR count). The lowest BCUT2D eigenvalue weighted by atomic mass is 9.84. The first-order valence-electron chi connectivity index (χ1n) is 13.0. The standard InChI is InChI=1S/C28H36FN3O8S.BrH/c1-8-38-21-12-17-13-32(27(30)23(17)24(29)26(21)39-9-2)14-20(33)16-10-18(28(3,4)5)25(40-15-22(34)35)19(11-16)31(6)41(7,36)37;/h10-12,30H,8-9,13-15H2,1-7H3,(H,34,35);1H. The smallest absolute Gasteiger partial charge is 0.341 e. The molecule has 1 aliphatic rings. The van der Waals surface area contributed by atoms with E-state index in [2.05, 4.69) is 0 Å². The fraction of sp³-hybridized carbons (Fsp3) is 0.464. The molecule has 0 atom stereocenters. The molecule has 0 aliphatic carbocycles. The van der Waals surface area contributed by atoms with E-state index in [-0.39, 0.29) is 83.2 Å². The average Bonchev–Trinajstić information content (AvgIpc) is 3.17. The first-order chi connectivity index (χ1) is 19.0. The summed E-state index contributed by atoms with van der Waals surface area (Å²) in [6, 6.07) is 4.47. The summed E-state index contributed by atoms with van der Waals surface area (Å²) in [5, 5.41) is 17.8. The molecule has 0 fully saturated rings. The Bertz CT molecular complexity index is 1490. The molecule has 0 saturated heterocycles. The number of nitrogens with one attached hydrogen (secondary N) is 1. The van der Waals surface area contributed by atoms with Gasteiger partial charge in [0.25, 0.3) is 0 Å². The van der Waals surface area contributed by atoms with Crippen LogP contribution in [0.15, 0.2) is 18.2 Å². The van der Waals surface area contributed by atoms with Gasteiger partial charge >= 0.3 is 5.97 Å². The number of anilines is 1. The van der Waals surface area contributed by atoms with E-state index in [0.29, 0.717) is 11.1 Å². The first-order valence-corrected chi connectivity index (χ1v) is 14.8. The number of rotatable bonds is 12. The number of carbonyl (C=O) groups excluding carboxylic acids is 1. The van der Waals surface area contributed by atoms with Crippen molar-refractivity contribution in [2.45, 2.75) is 46.6 Å². The second-order valence-corrected chi connectivity index (χ2v) is 12.6. The molecule has 0 aromatic heterocycles. The van der Waals surface area contributed by atoms with Gasteiger partial charge < -0.3 is 24.2 Å². The van der Waals surface area contributed by atoms with Gasteiger partial charge in [0, 0.05) is 24.7 Å². The van der Waals surface area contributed by atoms with Crippen LogP contribution in [-0.2, 0) is 26.8 Å². The Morgan fingerprint density at radius 3 is 2.24 bits per heavy atom. The zero-order valence-electron chi connectivity index (χ0n) is 24.7. The lowest BCUT2D eigenvalue weighted by molar-refractivity contribution is -0.139. The van der Waals surface area contributed by atoms with Gasteiger partial charge in [-0.2, -0.15) is 0 Å². The van der Waals surface area contributed by atoms with Gasteiger partial charge in [-0.1, -0.05) is 20.8 Å². The van der Waals surface area contributed by atoms with Gasteiger partial charge in [0.2, 0.25) is 10.0 Å². The van der Waals surface area contributed by atoms with E-state index in [1.165, 1.54) is 24.1 Å². The zero-order chi connectivity index (χ0) is 30.9. The number of aliphatic carboxylic acids is 1.